The molecule has 1 aliphatic heterocycles. The SMILES string of the molecule is C[C@@H]1CN(C(=O)C(NC(=O)c2cc3ccccc3[nH]2)C2CC2)[C@H](C(=O)NC(C(=O)CO)C(C)(C)C)C1(C)C. The van der Waals surface area contributed by atoms with Gasteiger partial charge in [-0.3, -0.25) is 19.2 Å². The molecule has 38 heavy (non-hydrogen) atoms. The summed E-state index contributed by atoms with van der Waals surface area (Å²) >= 11 is 0. The lowest BCUT2D eigenvalue weighted by Crippen LogP contribution is -2.60. The summed E-state index contributed by atoms with van der Waals surface area (Å²) in [6.45, 7) is 11.0. The number of aromatic nitrogens is 1. The Bertz CT molecular complexity index is 1210. The number of para-hydroxylation sites is 1. The molecule has 206 valence electrons. The minimum Gasteiger partial charge on any atom is -0.389 e. The molecular weight excluding hydrogens is 484 g/mol. The Morgan fingerprint density at radius 2 is 1.79 bits per heavy atom. The molecule has 9 nitrogen and oxygen atoms in total. The van der Waals surface area contributed by atoms with E-state index in [4.69, 9.17) is 0 Å². The van der Waals surface area contributed by atoms with Gasteiger partial charge in [-0.2, -0.15) is 0 Å². The van der Waals surface area contributed by atoms with E-state index in [-0.39, 0.29) is 23.7 Å². The van der Waals surface area contributed by atoms with Crippen LogP contribution in [-0.4, -0.2) is 69.8 Å². The van der Waals surface area contributed by atoms with E-state index in [0.717, 1.165) is 23.7 Å². The van der Waals surface area contributed by atoms with E-state index in [2.05, 4.69) is 15.6 Å². The maximum atomic E-state index is 14.0. The molecule has 4 atom stereocenters. The number of likely N-dealkylation sites (tertiary alicyclic amines) is 1. The smallest absolute Gasteiger partial charge is 0.268 e. The molecule has 9 heteroatoms. The topological polar surface area (TPSA) is 132 Å². The number of rotatable bonds is 8. The van der Waals surface area contributed by atoms with Gasteiger partial charge in [0.05, 0.1) is 6.04 Å². The second-order valence-electron chi connectivity index (χ2n) is 12.6. The molecule has 1 aromatic heterocycles. The molecular formula is C29H40N4O5. The van der Waals surface area contributed by atoms with Crippen molar-refractivity contribution in [1.29, 1.82) is 0 Å². The number of carbonyl (C=O) groups excluding carboxylic acids is 4. The molecule has 2 unspecified atom stereocenters. The van der Waals surface area contributed by atoms with E-state index in [9.17, 15) is 24.3 Å². The number of amides is 3. The number of aliphatic hydroxyl groups excluding tert-OH is 1. The third-order valence-electron chi connectivity index (χ3n) is 8.34. The van der Waals surface area contributed by atoms with Crippen molar-refractivity contribution < 1.29 is 24.3 Å². The van der Waals surface area contributed by atoms with Crippen molar-refractivity contribution in [1.82, 2.24) is 20.5 Å². The van der Waals surface area contributed by atoms with Crippen LogP contribution in [0.3, 0.4) is 0 Å². The Hall–Kier alpha value is -3.20. The number of hydrogen-bond acceptors (Lipinski definition) is 5. The third-order valence-corrected chi connectivity index (χ3v) is 8.34. The Morgan fingerprint density at radius 1 is 1.13 bits per heavy atom. The number of H-pyrrole nitrogens is 1. The maximum absolute atomic E-state index is 14.0. The predicted molar refractivity (Wildman–Crippen MR) is 144 cm³/mol. The first kappa shape index (κ1) is 27.8. The van der Waals surface area contributed by atoms with E-state index in [1.807, 2.05) is 65.8 Å². The number of aliphatic hydroxyl groups is 1. The number of nitrogens with one attached hydrogen (secondary N) is 3. The quantitative estimate of drug-likeness (QED) is 0.422. The highest BCUT2D eigenvalue weighted by Crippen LogP contribution is 2.43. The Morgan fingerprint density at radius 3 is 2.37 bits per heavy atom. The van der Waals surface area contributed by atoms with Gasteiger partial charge in [0.25, 0.3) is 5.91 Å². The number of benzene rings is 1. The molecule has 0 bridgehead atoms. The van der Waals surface area contributed by atoms with Crippen molar-refractivity contribution in [3.05, 3.63) is 36.0 Å². The molecule has 1 aromatic carbocycles. The molecule has 2 aliphatic rings. The Kier molecular flexibility index (Phi) is 7.45. The highest BCUT2D eigenvalue weighted by molar-refractivity contribution is 6.01. The lowest BCUT2D eigenvalue weighted by molar-refractivity contribution is -0.144. The van der Waals surface area contributed by atoms with Gasteiger partial charge in [0.15, 0.2) is 5.78 Å². The second kappa shape index (κ2) is 10.2. The molecule has 1 saturated carbocycles. The summed E-state index contributed by atoms with van der Waals surface area (Å²) in [6, 6.07) is 6.88. The zero-order valence-corrected chi connectivity index (χ0v) is 23.1. The largest absolute Gasteiger partial charge is 0.389 e. The average molecular weight is 525 g/mol. The zero-order valence-electron chi connectivity index (χ0n) is 23.1. The highest BCUT2D eigenvalue weighted by atomic mass is 16.3. The summed E-state index contributed by atoms with van der Waals surface area (Å²) < 4.78 is 0. The van der Waals surface area contributed by atoms with E-state index in [1.165, 1.54) is 0 Å². The highest BCUT2D eigenvalue weighted by Gasteiger charge is 2.54. The van der Waals surface area contributed by atoms with E-state index < -0.39 is 47.3 Å². The Labute approximate surface area is 223 Å². The third kappa shape index (κ3) is 5.34. The minimum atomic E-state index is -0.899. The summed E-state index contributed by atoms with van der Waals surface area (Å²) in [6.07, 6.45) is 1.65. The molecule has 2 fully saturated rings. The fourth-order valence-corrected chi connectivity index (χ4v) is 5.50. The number of carbonyl (C=O) groups is 4. The summed E-state index contributed by atoms with van der Waals surface area (Å²) in [4.78, 5) is 58.1. The van der Waals surface area contributed by atoms with E-state index in [0.29, 0.717) is 12.2 Å². The minimum absolute atomic E-state index is 0.00749. The van der Waals surface area contributed by atoms with Gasteiger partial charge >= 0.3 is 0 Å². The van der Waals surface area contributed by atoms with Crippen LogP contribution in [0.4, 0.5) is 0 Å². The number of aromatic amines is 1. The van der Waals surface area contributed by atoms with Gasteiger partial charge in [0.1, 0.15) is 24.4 Å². The van der Waals surface area contributed by atoms with Gasteiger partial charge < -0.3 is 25.6 Å². The number of ketones is 1. The summed E-state index contributed by atoms with van der Waals surface area (Å²) in [5, 5.41) is 16.2. The first-order chi connectivity index (χ1) is 17.8. The monoisotopic (exact) mass is 524 g/mol. The standard InChI is InChI=1S/C29H40N4O5/c1-16-14-33(24(29(16,5)6)26(37)32-23(21(35)15-34)28(2,3)4)27(38)22(17-11-12-17)31-25(36)20-13-18-9-7-8-10-19(18)30-20/h7-10,13,16-17,22-24,30,34H,11-12,14-15H2,1-6H3,(H,31,36)(H,32,37)/t16-,22?,23?,24-/m1/s1. The van der Waals surface area contributed by atoms with Crippen molar-refractivity contribution in [3.8, 4) is 0 Å². The van der Waals surface area contributed by atoms with Crippen molar-refractivity contribution >= 4 is 34.4 Å². The zero-order chi connectivity index (χ0) is 28.0. The van der Waals surface area contributed by atoms with E-state index in [1.54, 1.807) is 11.0 Å². The van der Waals surface area contributed by atoms with Crippen LogP contribution < -0.4 is 10.6 Å². The summed E-state index contributed by atoms with van der Waals surface area (Å²) in [7, 11) is 0. The molecule has 0 radical (unpaired) electrons. The fourth-order valence-electron chi connectivity index (χ4n) is 5.50. The van der Waals surface area contributed by atoms with Crippen LogP contribution >= 0.6 is 0 Å². The predicted octanol–water partition coefficient (Wildman–Crippen LogP) is 2.64. The fraction of sp³-hybridized carbons (Fsp3) is 0.586. The van der Waals surface area contributed by atoms with Gasteiger partial charge in [0, 0.05) is 17.4 Å². The molecule has 3 amide bonds. The van der Waals surface area contributed by atoms with Crippen molar-refractivity contribution in [2.45, 2.75) is 72.5 Å². The summed E-state index contributed by atoms with van der Waals surface area (Å²) in [5.74, 6) is -1.53. The van der Waals surface area contributed by atoms with Gasteiger partial charge in [-0.25, -0.2) is 0 Å². The van der Waals surface area contributed by atoms with Crippen molar-refractivity contribution in [3.63, 3.8) is 0 Å². The maximum Gasteiger partial charge on any atom is 0.268 e. The van der Waals surface area contributed by atoms with Gasteiger partial charge in [-0.15, -0.1) is 0 Å². The van der Waals surface area contributed by atoms with Crippen LogP contribution in [0, 0.1) is 22.7 Å². The van der Waals surface area contributed by atoms with Crippen LogP contribution in [0.1, 0.15) is 64.9 Å². The molecule has 4 rings (SSSR count). The first-order valence-corrected chi connectivity index (χ1v) is 13.4. The number of nitrogens with zero attached hydrogens (tertiary/aromatic N) is 1. The van der Waals surface area contributed by atoms with Gasteiger partial charge in [-0.05, 0) is 47.6 Å². The average Bonchev–Trinajstić information content (AvgIpc) is 3.54. The molecule has 1 aliphatic carbocycles. The number of hydrogen-bond donors (Lipinski definition) is 4. The van der Waals surface area contributed by atoms with Crippen LogP contribution in [0.25, 0.3) is 10.9 Å². The first-order valence-electron chi connectivity index (χ1n) is 13.4. The van der Waals surface area contributed by atoms with Crippen LogP contribution in [0.15, 0.2) is 30.3 Å². The lowest BCUT2D eigenvalue weighted by Gasteiger charge is -2.37. The molecule has 4 N–H and O–H groups in total. The number of Topliss-reactive ketones (excluding diaryl/α,β-unsaturated/α-hetero) is 1. The second-order valence-corrected chi connectivity index (χ2v) is 12.6. The van der Waals surface area contributed by atoms with Crippen LogP contribution in [-0.2, 0) is 14.4 Å². The van der Waals surface area contributed by atoms with Crippen LogP contribution in [0.2, 0.25) is 0 Å². The van der Waals surface area contributed by atoms with Crippen molar-refractivity contribution in [2.24, 2.45) is 22.7 Å². The normalized spacial score (nSPS) is 22.7. The molecule has 2 aromatic rings. The molecule has 1 saturated heterocycles. The summed E-state index contributed by atoms with van der Waals surface area (Å²) in [5.41, 5.74) is 0.0249. The van der Waals surface area contributed by atoms with Gasteiger partial charge in [0.2, 0.25) is 11.8 Å². The van der Waals surface area contributed by atoms with E-state index >= 15 is 0 Å². The van der Waals surface area contributed by atoms with Crippen LogP contribution in [0.5, 0.6) is 0 Å². The lowest BCUT2D eigenvalue weighted by atomic mass is 9.76. The number of fused-ring (bicyclic) bond motifs is 1. The van der Waals surface area contributed by atoms with Gasteiger partial charge in [-0.1, -0.05) is 59.7 Å². The Balaban J connectivity index is 1.58. The molecule has 0 spiro atoms. The van der Waals surface area contributed by atoms with Crippen molar-refractivity contribution in [2.75, 3.05) is 13.2 Å². The molecule has 2 heterocycles.